The highest BCUT2D eigenvalue weighted by Crippen LogP contribution is 2.60. The zero-order valence-corrected chi connectivity index (χ0v) is 16.0. The number of carboxylic acid groups (broad SMARTS) is 1. The summed E-state index contributed by atoms with van der Waals surface area (Å²) in [5.41, 5.74) is 0.496. The van der Waals surface area contributed by atoms with E-state index in [0.29, 0.717) is 40.8 Å². The summed E-state index contributed by atoms with van der Waals surface area (Å²) in [5.74, 6) is -0.209. The number of hydrogen-bond donors (Lipinski definition) is 1. The topological polar surface area (TPSA) is 71.2 Å². The Morgan fingerprint density at radius 3 is 2.74 bits per heavy atom. The standard InChI is InChI=1S/C19H16Cl2N4O2/c1-18-7-19(8-18,17(26)27)25(9-18)14-6-13(24-5-4-22-10-24)11-2-3-12(20)15(21)16(11)23-14/h2-6,10H,7-9H2,1H3,(H,26,27). The number of imidazole rings is 1. The Labute approximate surface area is 165 Å². The van der Waals surface area contributed by atoms with Crippen LogP contribution >= 0.6 is 23.2 Å². The van der Waals surface area contributed by atoms with Crippen LogP contribution in [0.2, 0.25) is 10.0 Å². The smallest absolute Gasteiger partial charge is 0.329 e. The first kappa shape index (κ1) is 16.8. The van der Waals surface area contributed by atoms with Crippen molar-refractivity contribution in [2.45, 2.75) is 25.3 Å². The summed E-state index contributed by atoms with van der Waals surface area (Å²) in [6.07, 6.45) is 6.46. The second-order valence-electron chi connectivity index (χ2n) is 7.81. The lowest BCUT2D eigenvalue weighted by atomic mass is 9.63. The molecule has 0 radical (unpaired) electrons. The van der Waals surface area contributed by atoms with E-state index in [1.807, 2.05) is 27.8 Å². The van der Waals surface area contributed by atoms with Gasteiger partial charge in [0.2, 0.25) is 0 Å². The van der Waals surface area contributed by atoms with Gasteiger partial charge in [-0.05, 0) is 30.4 Å². The maximum atomic E-state index is 12.1. The van der Waals surface area contributed by atoms with Crippen molar-refractivity contribution < 1.29 is 9.90 Å². The Kier molecular flexibility index (Phi) is 3.34. The van der Waals surface area contributed by atoms with Crippen molar-refractivity contribution in [2.24, 2.45) is 5.41 Å². The summed E-state index contributed by atoms with van der Waals surface area (Å²) < 4.78 is 1.87. The van der Waals surface area contributed by atoms with Crippen LogP contribution in [0.5, 0.6) is 0 Å². The molecule has 6 rings (SSSR count). The molecule has 3 aromatic rings. The zero-order valence-electron chi connectivity index (χ0n) is 14.5. The minimum atomic E-state index is -0.896. The van der Waals surface area contributed by atoms with E-state index in [1.165, 1.54) is 0 Å². The molecule has 1 aromatic carbocycles. The van der Waals surface area contributed by atoms with E-state index in [1.54, 1.807) is 18.6 Å². The minimum absolute atomic E-state index is 0.00230. The molecule has 6 nitrogen and oxygen atoms in total. The number of nitrogens with zero attached hydrogens (tertiary/aromatic N) is 4. The van der Waals surface area contributed by atoms with Crippen molar-refractivity contribution in [2.75, 3.05) is 11.4 Å². The molecule has 1 saturated carbocycles. The van der Waals surface area contributed by atoms with Gasteiger partial charge in [0.15, 0.2) is 0 Å². The summed E-state index contributed by atoms with van der Waals surface area (Å²) >= 11 is 12.7. The number of fused-ring (bicyclic) bond motifs is 2. The number of aliphatic carboxylic acids is 1. The van der Waals surface area contributed by atoms with Gasteiger partial charge in [-0.1, -0.05) is 30.1 Å². The zero-order chi connectivity index (χ0) is 19.0. The molecule has 0 atom stereocenters. The predicted octanol–water partition coefficient (Wildman–Crippen LogP) is 4.17. The number of rotatable bonds is 3. The van der Waals surface area contributed by atoms with Crippen LogP contribution in [0.1, 0.15) is 19.8 Å². The van der Waals surface area contributed by atoms with Crippen LogP contribution in [-0.2, 0) is 4.79 Å². The van der Waals surface area contributed by atoms with Gasteiger partial charge in [-0.25, -0.2) is 14.8 Å². The highest BCUT2D eigenvalue weighted by molar-refractivity contribution is 6.45. The molecule has 4 heterocycles. The van der Waals surface area contributed by atoms with E-state index in [0.717, 1.165) is 11.1 Å². The molecule has 138 valence electrons. The predicted molar refractivity (Wildman–Crippen MR) is 104 cm³/mol. The van der Waals surface area contributed by atoms with Gasteiger partial charge in [0.1, 0.15) is 11.4 Å². The molecule has 0 amide bonds. The number of carbonyl (C=O) groups is 1. The van der Waals surface area contributed by atoms with Gasteiger partial charge in [-0.3, -0.25) is 0 Å². The summed E-state index contributed by atoms with van der Waals surface area (Å²) in [4.78, 5) is 22.8. The summed E-state index contributed by atoms with van der Waals surface area (Å²) in [6, 6.07) is 5.51. The Balaban J connectivity index is 1.77. The van der Waals surface area contributed by atoms with E-state index in [9.17, 15) is 9.90 Å². The third-order valence-electron chi connectivity index (χ3n) is 5.79. The molecule has 8 heteroatoms. The summed E-state index contributed by atoms with van der Waals surface area (Å²) in [5, 5.41) is 11.5. The van der Waals surface area contributed by atoms with E-state index in [2.05, 4.69) is 11.9 Å². The van der Waals surface area contributed by atoms with Gasteiger partial charge in [0.05, 0.1) is 27.6 Å². The molecule has 3 fully saturated rings. The van der Waals surface area contributed by atoms with Crippen LogP contribution in [0, 0.1) is 5.41 Å². The highest BCUT2D eigenvalue weighted by atomic mass is 35.5. The van der Waals surface area contributed by atoms with Gasteiger partial charge in [0, 0.05) is 30.4 Å². The fourth-order valence-electron chi connectivity index (χ4n) is 4.72. The molecule has 3 aliphatic rings. The fourth-order valence-corrected chi connectivity index (χ4v) is 5.08. The summed E-state index contributed by atoms with van der Waals surface area (Å²) in [7, 11) is 0. The number of benzene rings is 1. The van der Waals surface area contributed by atoms with E-state index in [4.69, 9.17) is 28.2 Å². The van der Waals surface area contributed by atoms with Crippen molar-refractivity contribution in [3.8, 4) is 5.69 Å². The molecule has 2 aliphatic heterocycles. The Morgan fingerprint density at radius 1 is 1.30 bits per heavy atom. The average Bonchev–Trinajstić information content (AvgIpc) is 3.30. The van der Waals surface area contributed by atoms with Gasteiger partial charge in [-0.15, -0.1) is 0 Å². The molecule has 0 spiro atoms. The third kappa shape index (κ3) is 2.23. The first-order chi connectivity index (χ1) is 12.8. The fraction of sp³-hybridized carbons (Fsp3) is 0.316. The van der Waals surface area contributed by atoms with Crippen molar-refractivity contribution in [3.63, 3.8) is 0 Å². The van der Waals surface area contributed by atoms with Gasteiger partial charge < -0.3 is 14.6 Å². The maximum absolute atomic E-state index is 12.1. The van der Waals surface area contributed by atoms with Gasteiger partial charge in [0.25, 0.3) is 0 Å². The van der Waals surface area contributed by atoms with E-state index < -0.39 is 11.5 Å². The molecular weight excluding hydrogens is 387 g/mol. The number of carboxylic acids is 1. The molecule has 0 unspecified atom stereocenters. The second kappa shape index (κ2) is 5.36. The second-order valence-corrected chi connectivity index (χ2v) is 8.60. The Bertz CT molecular complexity index is 1090. The normalized spacial score (nSPS) is 26.4. The Hall–Kier alpha value is -2.31. The monoisotopic (exact) mass is 402 g/mol. The number of aromatic nitrogens is 3. The van der Waals surface area contributed by atoms with Crippen molar-refractivity contribution in [3.05, 3.63) is 47.0 Å². The number of anilines is 1. The van der Waals surface area contributed by atoms with Crippen LogP contribution < -0.4 is 4.90 Å². The first-order valence-electron chi connectivity index (χ1n) is 8.61. The van der Waals surface area contributed by atoms with Gasteiger partial charge >= 0.3 is 5.97 Å². The van der Waals surface area contributed by atoms with Crippen LogP contribution in [0.25, 0.3) is 16.6 Å². The molecular formula is C19H16Cl2N4O2. The molecule has 2 aromatic heterocycles. The quantitative estimate of drug-likeness (QED) is 0.711. The molecule has 27 heavy (non-hydrogen) atoms. The number of pyridine rings is 1. The SMILES string of the molecule is CC12CN(c3cc(-n4ccnc4)c4ccc(Cl)c(Cl)c4n3)C(C(=O)O)(C1)C2. The van der Waals surface area contributed by atoms with Crippen molar-refractivity contribution in [1.82, 2.24) is 14.5 Å². The van der Waals surface area contributed by atoms with Crippen LogP contribution in [0.15, 0.2) is 36.9 Å². The highest BCUT2D eigenvalue weighted by Gasteiger charge is 2.67. The Morgan fingerprint density at radius 2 is 2.07 bits per heavy atom. The lowest BCUT2D eigenvalue weighted by Gasteiger charge is -2.43. The number of halogens is 2. The van der Waals surface area contributed by atoms with Crippen LogP contribution in [0.4, 0.5) is 5.82 Å². The molecule has 1 aliphatic carbocycles. The minimum Gasteiger partial charge on any atom is -0.479 e. The first-order valence-corrected chi connectivity index (χ1v) is 9.37. The van der Waals surface area contributed by atoms with Crippen LogP contribution in [-0.4, -0.2) is 37.7 Å². The molecule has 1 N–H and O–H groups in total. The van der Waals surface area contributed by atoms with Crippen LogP contribution in [0.3, 0.4) is 0 Å². The lowest BCUT2D eigenvalue weighted by Crippen LogP contribution is -2.55. The number of hydrogen-bond acceptors (Lipinski definition) is 4. The largest absolute Gasteiger partial charge is 0.479 e. The average molecular weight is 403 g/mol. The van der Waals surface area contributed by atoms with Gasteiger partial charge in [-0.2, -0.15) is 0 Å². The molecule has 2 saturated heterocycles. The van der Waals surface area contributed by atoms with E-state index >= 15 is 0 Å². The maximum Gasteiger partial charge on any atom is 0.329 e. The third-order valence-corrected chi connectivity index (χ3v) is 6.58. The lowest BCUT2D eigenvalue weighted by molar-refractivity contribution is -0.147. The van der Waals surface area contributed by atoms with Crippen molar-refractivity contribution >= 4 is 45.9 Å². The summed E-state index contributed by atoms with van der Waals surface area (Å²) in [6.45, 7) is 2.77. The van der Waals surface area contributed by atoms with Crippen molar-refractivity contribution in [1.29, 1.82) is 0 Å². The molecule has 2 bridgehead atoms. The van der Waals surface area contributed by atoms with E-state index in [-0.39, 0.29) is 5.41 Å².